The van der Waals surface area contributed by atoms with Crippen LogP contribution < -0.4 is 5.32 Å². The largest absolute Gasteiger partial charge is 0.313 e. The molecule has 5 heteroatoms. The van der Waals surface area contributed by atoms with Crippen molar-refractivity contribution in [2.75, 3.05) is 20.1 Å². The number of aryl methyl sites for hydroxylation is 1. The van der Waals surface area contributed by atoms with Crippen molar-refractivity contribution in [3.05, 3.63) is 12.2 Å². The predicted octanol–water partition coefficient (Wildman–Crippen LogP) is -0.00110. The van der Waals surface area contributed by atoms with E-state index >= 15 is 0 Å². The number of likely N-dealkylation sites (N-methyl/N-ethyl adjacent to an activating group) is 1. The normalized spacial score (nSPS) is 16.2. The molecule has 0 aliphatic heterocycles. The first-order valence-electron chi connectivity index (χ1n) is 5.50. The molecule has 1 aliphatic rings. The second kappa shape index (κ2) is 4.72. The van der Waals surface area contributed by atoms with E-state index in [1.54, 1.807) is 6.33 Å². The van der Waals surface area contributed by atoms with Crippen LogP contribution in [0.3, 0.4) is 0 Å². The molecular formula is C10H19N5. The Labute approximate surface area is 90.5 Å². The Morgan fingerprint density at radius 1 is 1.60 bits per heavy atom. The molecule has 1 fully saturated rings. The Morgan fingerprint density at radius 2 is 2.40 bits per heavy atom. The zero-order valence-electron chi connectivity index (χ0n) is 9.48. The van der Waals surface area contributed by atoms with Gasteiger partial charge in [0.15, 0.2) is 0 Å². The molecule has 2 rings (SSSR count). The van der Waals surface area contributed by atoms with Gasteiger partial charge in [0.1, 0.15) is 12.2 Å². The molecule has 0 bridgehead atoms. The summed E-state index contributed by atoms with van der Waals surface area (Å²) in [7, 11) is 4.04. The van der Waals surface area contributed by atoms with Crippen LogP contribution >= 0.6 is 0 Å². The number of nitrogens with zero attached hydrogens (tertiary/aromatic N) is 4. The second-order valence-corrected chi connectivity index (χ2v) is 4.27. The van der Waals surface area contributed by atoms with Gasteiger partial charge in [-0.05, 0) is 19.9 Å². The van der Waals surface area contributed by atoms with Crippen molar-refractivity contribution in [3.63, 3.8) is 0 Å². The van der Waals surface area contributed by atoms with Crippen molar-refractivity contribution < 1.29 is 0 Å². The average molecular weight is 209 g/mol. The number of aromatic nitrogens is 3. The fraction of sp³-hybridized carbons (Fsp3) is 0.800. The van der Waals surface area contributed by atoms with Crippen molar-refractivity contribution >= 4 is 0 Å². The minimum atomic E-state index is 0.799. The molecule has 1 N–H and O–H groups in total. The van der Waals surface area contributed by atoms with Crippen LogP contribution in [0.25, 0.3) is 0 Å². The van der Waals surface area contributed by atoms with E-state index in [-0.39, 0.29) is 0 Å². The molecule has 1 heterocycles. The van der Waals surface area contributed by atoms with Gasteiger partial charge in [-0.25, -0.2) is 4.98 Å². The van der Waals surface area contributed by atoms with Crippen LogP contribution in [0.2, 0.25) is 0 Å². The van der Waals surface area contributed by atoms with Crippen molar-refractivity contribution in [3.8, 4) is 0 Å². The summed E-state index contributed by atoms with van der Waals surface area (Å²) in [6.07, 6.45) is 4.31. The molecule has 0 atom stereocenters. The van der Waals surface area contributed by atoms with Gasteiger partial charge in [0.25, 0.3) is 0 Å². The van der Waals surface area contributed by atoms with Gasteiger partial charge in [-0.15, -0.1) is 0 Å². The summed E-state index contributed by atoms with van der Waals surface area (Å²) in [5.41, 5.74) is 0. The molecule has 84 valence electrons. The van der Waals surface area contributed by atoms with Gasteiger partial charge in [-0.2, -0.15) is 5.10 Å². The van der Waals surface area contributed by atoms with Crippen molar-refractivity contribution in [2.45, 2.75) is 25.4 Å². The number of hydrogen-bond acceptors (Lipinski definition) is 4. The van der Waals surface area contributed by atoms with Gasteiger partial charge in [0.05, 0.1) is 6.54 Å². The van der Waals surface area contributed by atoms with E-state index in [0.29, 0.717) is 0 Å². The van der Waals surface area contributed by atoms with Gasteiger partial charge >= 0.3 is 0 Å². The van der Waals surface area contributed by atoms with Gasteiger partial charge in [0.2, 0.25) is 0 Å². The molecule has 1 saturated carbocycles. The fourth-order valence-electron chi connectivity index (χ4n) is 1.53. The lowest BCUT2D eigenvalue weighted by Crippen LogP contribution is -2.30. The Bertz CT molecular complexity index is 305. The molecule has 1 aromatic heterocycles. The van der Waals surface area contributed by atoms with E-state index in [1.165, 1.54) is 12.8 Å². The van der Waals surface area contributed by atoms with Crippen LogP contribution in [0.1, 0.15) is 18.7 Å². The average Bonchev–Trinajstić information content (AvgIpc) is 2.93. The van der Waals surface area contributed by atoms with Crippen LogP contribution in [0.15, 0.2) is 6.33 Å². The zero-order chi connectivity index (χ0) is 10.7. The molecule has 1 aliphatic carbocycles. The molecule has 0 unspecified atom stereocenters. The third-order valence-corrected chi connectivity index (χ3v) is 2.72. The summed E-state index contributed by atoms with van der Waals surface area (Å²) in [6.45, 7) is 2.99. The molecule has 0 saturated heterocycles. The lowest BCUT2D eigenvalue weighted by Gasteiger charge is -2.15. The minimum Gasteiger partial charge on any atom is -0.313 e. The lowest BCUT2D eigenvalue weighted by molar-refractivity contribution is 0.311. The van der Waals surface area contributed by atoms with Crippen LogP contribution in [-0.4, -0.2) is 45.8 Å². The maximum atomic E-state index is 4.20. The maximum Gasteiger partial charge on any atom is 0.140 e. The quantitative estimate of drug-likeness (QED) is 0.716. The highest BCUT2D eigenvalue weighted by molar-refractivity contribution is 4.84. The summed E-state index contributed by atoms with van der Waals surface area (Å²) in [4.78, 5) is 6.46. The smallest absolute Gasteiger partial charge is 0.140 e. The standard InChI is InChI=1S/C10H19N5/c1-14(6-5-11-9-3-4-9)7-10-12-8-13-15(10)2/h8-9,11H,3-7H2,1-2H3. The minimum absolute atomic E-state index is 0.799. The Kier molecular flexibility index (Phi) is 3.33. The van der Waals surface area contributed by atoms with E-state index in [1.807, 2.05) is 11.7 Å². The van der Waals surface area contributed by atoms with Crippen molar-refractivity contribution in [2.24, 2.45) is 7.05 Å². The van der Waals surface area contributed by atoms with Crippen LogP contribution in [0.5, 0.6) is 0 Å². The first-order chi connectivity index (χ1) is 7.25. The molecule has 0 aromatic carbocycles. The van der Waals surface area contributed by atoms with E-state index in [0.717, 1.165) is 31.5 Å². The SMILES string of the molecule is CN(CCNC1CC1)Cc1ncnn1C. The van der Waals surface area contributed by atoms with E-state index < -0.39 is 0 Å². The van der Waals surface area contributed by atoms with E-state index in [2.05, 4.69) is 27.3 Å². The Balaban J connectivity index is 1.67. The molecule has 0 spiro atoms. The Morgan fingerprint density at radius 3 is 3.00 bits per heavy atom. The van der Waals surface area contributed by atoms with Crippen LogP contribution in [-0.2, 0) is 13.6 Å². The van der Waals surface area contributed by atoms with E-state index in [9.17, 15) is 0 Å². The van der Waals surface area contributed by atoms with Gasteiger partial charge in [-0.1, -0.05) is 0 Å². The van der Waals surface area contributed by atoms with Gasteiger partial charge < -0.3 is 5.32 Å². The molecule has 1 aromatic rings. The first-order valence-corrected chi connectivity index (χ1v) is 5.50. The van der Waals surface area contributed by atoms with Crippen molar-refractivity contribution in [1.29, 1.82) is 0 Å². The van der Waals surface area contributed by atoms with Crippen molar-refractivity contribution in [1.82, 2.24) is 25.0 Å². The highest BCUT2D eigenvalue weighted by Crippen LogP contribution is 2.17. The lowest BCUT2D eigenvalue weighted by atomic mass is 10.4. The summed E-state index contributed by atoms with van der Waals surface area (Å²) >= 11 is 0. The number of rotatable bonds is 6. The highest BCUT2D eigenvalue weighted by atomic mass is 15.3. The third kappa shape index (κ3) is 3.28. The van der Waals surface area contributed by atoms with Crippen LogP contribution in [0, 0.1) is 0 Å². The third-order valence-electron chi connectivity index (χ3n) is 2.72. The zero-order valence-corrected chi connectivity index (χ0v) is 9.48. The summed E-state index contributed by atoms with van der Waals surface area (Å²) in [5.74, 6) is 1.02. The summed E-state index contributed by atoms with van der Waals surface area (Å²) in [5, 5.41) is 7.55. The molecule has 0 amide bonds. The van der Waals surface area contributed by atoms with E-state index in [4.69, 9.17) is 0 Å². The maximum absolute atomic E-state index is 4.20. The second-order valence-electron chi connectivity index (χ2n) is 4.27. The molecular weight excluding hydrogens is 190 g/mol. The molecule has 15 heavy (non-hydrogen) atoms. The summed E-state index contributed by atoms with van der Waals surface area (Å²) < 4.78 is 1.82. The van der Waals surface area contributed by atoms with Gasteiger partial charge in [-0.3, -0.25) is 9.58 Å². The molecule has 0 radical (unpaired) electrons. The number of nitrogens with one attached hydrogen (secondary N) is 1. The Hall–Kier alpha value is -0.940. The van der Waals surface area contributed by atoms with Gasteiger partial charge in [0, 0.05) is 26.2 Å². The monoisotopic (exact) mass is 209 g/mol. The topological polar surface area (TPSA) is 46.0 Å². The number of hydrogen-bond donors (Lipinski definition) is 1. The molecule has 5 nitrogen and oxygen atoms in total. The first kappa shape index (κ1) is 10.6. The predicted molar refractivity (Wildman–Crippen MR) is 58.4 cm³/mol. The van der Waals surface area contributed by atoms with Crippen LogP contribution in [0.4, 0.5) is 0 Å². The highest BCUT2D eigenvalue weighted by Gasteiger charge is 2.19. The summed E-state index contributed by atoms with van der Waals surface area (Å²) in [6, 6.07) is 0.799. The fourth-order valence-corrected chi connectivity index (χ4v) is 1.53.